The Morgan fingerprint density at radius 1 is 1.39 bits per heavy atom. The summed E-state index contributed by atoms with van der Waals surface area (Å²) in [6, 6.07) is 7.27. The molecule has 3 aromatic rings. The summed E-state index contributed by atoms with van der Waals surface area (Å²) >= 11 is 4.82. The van der Waals surface area contributed by atoms with Gasteiger partial charge in [-0.15, -0.1) is 0 Å². The molecule has 0 saturated heterocycles. The molecule has 0 aliphatic rings. The van der Waals surface area contributed by atoms with Gasteiger partial charge in [0.15, 0.2) is 5.13 Å². The zero-order valence-corrected chi connectivity index (χ0v) is 11.3. The number of rotatable bonds is 2. The van der Waals surface area contributed by atoms with Crippen molar-refractivity contribution in [1.29, 1.82) is 0 Å². The lowest BCUT2D eigenvalue weighted by atomic mass is 10.3. The van der Waals surface area contributed by atoms with Gasteiger partial charge < -0.3 is 4.52 Å². The Bertz CT molecular complexity index is 708. The van der Waals surface area contributed by atoms with Crippen molar-refractivity contribution < 1.29 is 9.32 Å². The van der Waals surface area contributed by atoms with E-state index in [9.17, 15) is 4.79 Å². The number of anilines is 1. The van der Waals surface area contributed by atoms with Crippen LogP contribution in [0.15, 0.2) is 39.5 Å². The number of hydrogen-bond donors (Lipinski definition) is 1. The third-order valence-corrected chi connectivity index (χ3v) is 3.83. The molecular formula is C11H6BrN3O2S. The number of thiazole rings is 1. The van der Waals surface area contributed by atoms with E-state index >= 15 is 0 Å². The quantitative estimate of drug-likeness (QED) is 0.785. The average molecular weight is 324 g/mol. The van der Waals surface area contributed by atoms with Crippen molar-refractivity contribution in [2.45, 2.75) is 0 Å². The van der Waals surface area contributed by atoms with Gasteiger partial charge in [-0.25, -0.2) is 4.98 Å². The average Bonchev–Trinajstić information content (AvgIpc) is 2.97. The van der Waals surface area contributed by atoms with Crippen LogP contribution in [-0.4, -0.2) is 16.0 Å². The van der Waals surface area contributed by atoms with Crippen LogP contribution in [-0.2, 0) is 0 Å². The first-order valence-electron chi connectivity index (χ1n) is 5.01. The minimum Gasteiger partial charge on any atom is -0.351 e. The monoisotopic (exact) mass is 323 g/mol. The van der Waals surface area contributed by atoms with Crippen LogP contribution in [0, 0.1) is 0 Å². The topological polar surface area (TPSA) is 68.0 Å². The van der Waals surface area contributed by atoms with Crippen LogP contribution in [0.25, 0.3) is 10.2 Å². The lowest BCUT2D eigenvalue weighted by molar-refractivity contribution is 0.0988. The summed E-state index contributed by atoms with van der Waals surface area (Å²) in [5, 5.41) is 6.68. The number of amides is 1. The number of fused-ring (bicyclic) bond motifs is 1. The van der Waals surface area contributed by atoms with Crippen LogP contribution in [0.3, 0.4) is 0 Å². The predicted molar refractivity (Wildman–Crippen MR) is 71.8 cm³/mol. The molecule has 1 N–H and O–H groups in total. The summed E-state index contributed by atoms with van der Waals surface area (Å²) in [5.74, 6) is -0.198. The largest absolute Gasteiger partial charge is 0.351 e. The van der Waals surface area contributed by atoms with E-state index in [1.165, 1.54) is 23.6 Å². The highest BCUT2D eigenvalue weighted by Crippen LogP contribution is 2.30. The zero-order chi connectivity index (χ0) is 12.5. The Balaban J connectivity index is 1.92. The highest BCUT2D eigenvalue weighted by atomic mass is 79.9. The molecule has 0 unspecified atom stereocenters. The van der Waals surface area contributed by atoms with Gasteiger partial charge in [0.1, 0.15) is 0 Å². The van der Waals surface area contributed by atoms with Gasteiger partial charge in [0.05, 0.1) is 16.4 Å². The predicted octanol–water partition coefficient (Wildman–Crippen LogP) is 3.30. The van der Waals surface area contributed by atoms with E-state index in [-0.39, 0.29) is 11.7 Å². The lowest BCUT2D eigenvalue weighted by Gasteiger charge is -1.95. The second-order valence-corrected chi connectivity index (χ2v) is 5.32. The first kappa shape index (κ1) is 11.4. The minimum atomic E-state index is -0.359. The van der Waals surface area contributed by atoms with Gasteiger partial charge in [-0.1, -0.05) is 22.6 Å². The number of carbonyl (C=O) groups is 1. The molecule has 0 aliphatic carbocycles. The number of nitrogens with one attached hydrogen (secondary N) is 1. The van der Waals surface area contributed by atoms with E-state index < -0.39 is 0 Å². The normalized spacial score (nSPS) is 10.7. The van der Waals surface area contributed by atoms with E-state index in [0.29, 0.717) is 5.13 Å². The van der Waals surface area contributed by atoms with Gasteiger partial charge in [0.2, 0.25) is 5.76 Å². The van der Waals surface area contributed by atoms with Crippen LogP contribution < -0.4 is 5.32 Å². The molecule has 0 bridgehead atoms. The highest BCUT2D eigenvalue weighted by molar-refractivity contribution is 9.10. The van der Waals surface area contributed by atoms with E-state index in [1.54, 1.807) is 0 Å². The maximum absolute atomic E-state index is 11.7. The molecule has 1 amide bonds. The summed E-state index contributed by atoms with van der Waals surface area (Å²) in [5.41, 5.74) is 0.829. The molecule has 2 heterocycles. The second-order valence-electron chi connectivity index (χ2n) is 3.44. The van der Waals surface area contributed by atoms with Gasteiger partial charge in [-0.3, -0.25) is 10.1 Å². The van der Waals surface area contributed by atoms with Crippen LogP contribution in [0.4, 0.5) is 5.13 Å². The van der Waals surface area contributed by atoms with Crippen molar-refractivity contribution in [3.8, 4) is 0 Å². The van der Waals surface area contributed by atoms with Crippen molar-refractivity contribution >= 4 is 48.5 Å². The van der Waals surface area contributed by atoms with Crippen molar-refractivity contribution in [2.24, 2.45) is 0 Å². The summed E-state index contributed by atoms with van der Waals surface area (Å²) in [6.07, 6.45) is 1.42. The Morgan fingerprint density at radius 3 is 3.00 bits per heavy atom. The Kier molecular flexibility index (Phi) is 2.85. The summed E-state index contributed by atoms with van der Waals surface area (Å²) in [6.45, 7) is 0. The Labute approximate surface area is 114 Å². The maximum atomic E-state index is 11.7. The summed E-state index contributed by atoms with van der Waals surface area (Å²) in [7, 11) is 0. The van der Waals surface area contributed by atoms with Gasteiger partial charge in [0.25, 0.3) is 5.91 Å². The van der Waals surface area contributed by atoms with Crippen LogP contribution in [0.1, 0.15) is 10.6 Å². The standard InChI is InChI=1S/C11H6BrN3O2S/c12-6-2-1-3-8-9(6)14-11(18-8)15-10(16)7-4-5-13-17-7/h1-5H,(H,14,15,16). The zero-order valence-electron chi connectivity index (χ0n) is 8.88. The molecule has 90 valence electrons. The number of para-hydroxylation sites is 1. The number of hydrogen-bond acceptors (Lipinski definition) is 5. The van der Waals surface area contributed by atoms with Crippen LogP contribution in [0.2, 0.25) is 0 Å². The molecule has 7 heteroatoms. The van der Waals surface area contributed by atoms with Gasteiger partial charge in [-0.2, -0.15) is 0 Å². The second kappa shape index (κ2) is 4.51. The molecule has 0 radical (unpaired) electrons. The number of benzene rings is 1. The fourth-order valence-electron chi connectivity index (χ4n) is 1.46. The molecule has 3 rings (SSSR count). The Morgan fingerprint density at radius 2 is 2.28 bits per heavy atom. The van der Waals surface area contributed by atoms with Gasteiger partial charge >= 0.3 is 0 Å². The molecule has 0 aliphatic heterocycles. The van der Waals surface area contributed by atoms with Crippen molar-refractivity contribution in [3.63, 3.8) is 0 Å². The van der Waals surface area contributed by atoms with Crippen LogP contribution >= 0.6 is 27.3 Å². The molecule has 0 fully saturated rings. The van der Waals surface area contributed by atoms with Crippen LogP contribution in [0.5, 0.6) is 0 Å². The highest BCUT2D eigenvalue weighted by Gasteiger charge is 2.13. The smallest absolute Gasteiger partial charge is 0.296 e. The molecule has 1 aromatic carbocycles. The molecule has 0 saturated carbocycles. The van der Waals surface area contributed by atoms with Crippen molar-refractivity contribution in [2.75, 3.05) is 5.32 Å². The number of aromatic nitrogens is 2. The SMILES string of the molecule is O=C(Nc1nc2c(Br)cccc2s1)c1ccno1. The Hall–Kier alpha value is -1.73. The molecule has 0 atom stereocenters. The number of nitrogens with zero attached hydrogens (tertiary/aromatic N) is 2. The fourth-order valence-corrected chi connectivity index (χ4v) is 2.93. The maximum Gasteiger partial charge on any atom is 0.296 e. The fraction of sp³-hybridized carbons (Fsp3) is 0. The lowest BCUT2D eigenvalue weighted by Crippen LogP contribution is -2.10. The molecule has 0 spiro atoms. The van der Waals surface area contributed by atoms with E-state index in [1.807, 2.05) is 18.2 Å². The van der Waals surface area contributed by atoms with Crippen molar-refractivity contribution in [1.82, 2.24) is 10.1 Å². The first-order valence-corrected chi connectivity index (χ1v) is 6.62. The third kappa shape index (κ3) is 2.02. The molecular weight excluding hydrogens is 318 g/mol. The molecule has 2 aromatic heterocycles. The first-order chi connectivity index (χ1) is 8.74. The summed E-state index contributed by atoms with van der Waals surface area (Å²) < 4.78 is 6.67. The third-order valence-electron chi connectivity index (χ3n) is 2.25. The van der Waals surface area contributed by atoms with Gasteiger partial charge in [0, 0.05) is 10.5 Å². The summed E-state index contributed by atoms with van der Waals surface area (Å²) in [4.78, 5) is 16.1. The molecule has 5 nitrogen and oxygen atoms in total. The van der Waals surface area contributed by atoms with E-state index in [4.69, 9.17) is 4.52 Å². The number of halogens is 1. The number of carbonyl (C=O) groups excluding carboxylic acids is 1. The van der Waals surface area contributed by atoms with E-state index in [0.717, 1.165) is 14.7 Å². The van der Waals surface area contributed by atoms with Gasteiger partial charge in [-0.05, 0) is 28.1 Å². The minimum absolute atomic E-state index is 0.160. The molecule has 18 heavy (non-hydrogen) atoms. The van der Waals surface area contributed by atoms with E-state index in [2.05, 4.69) is 31.4 Å². The van der Waals surface area contributed by atoms with Crippen molar-refractivity contribution in [3.05, 3.63) is 40.7 Å².